The van der Waals surface area contributed by atoms with Gasteiger partial charge in [0.25, 0.3) is 0 Å². The molecule has 1 aliphatic carbocycles. The average Bonchev–Trinajstić information content (AvgIpc) is 2.24. The SMILES string of the molecule is CN(CC1(C#N)CCC1)c1ccccn1. The number of hydrogen-bond donors (Lipinski definition) is 0. The summed E-state index contributed by atoms with van der Waals surface area (Å²) in [4.78, 5) is 6.34. The number of anilines is 1. The van der Waals surface area contributed by atoms with Gasteiger partial charge in [0.2, 0.25) is 0 Å². The maximum Gasteiger partial charge on any atom is 0.128 e. The van der Waals surface area contributed by atoms with Crippen molar-refractivity contribution in [3.05, 3.63) is 24.4 Å². The molecule has 0 amide bonds. The number of aromatic nitrogens is 1. The van der Waals surface area contributed by atoms with Gasteiger partial charge in [-0.15, -0.1) is 0 Å². The van der Waals surface area contributed by atoms with Crippen molar-refractivity contribution in [3.63, 3.8) is 0 Å². The van der Waals surface area contributed by atoms with Crippen molar-refractivity contribution in [3.8, 4) is 6.07 Å². The quantitative estimate of drug-likeness (QED) is 0.752. The molecule has 78 valence electrons. The molecule has 0 unspecified atom stereocenters. The molecule has 0 bridgehead atoms. The molecule has 1 aliphatic rings. The molecule has 0 N–H and O–H groups in total. The fraction of sp³-hybridized carbons (Fsp3) is 0.500. The minimum Gasteiger partial charge on any atom is -0.358 e. The van der Waals surface area contributed by atoms with Crippen LogP contribution in [0.4, 0.5) is 5.82 Å². The van der Waals surface area contributed by atoms with E-state index in [0.717, 1.165) is 25.2 Å². The van der Waals surface area contributed by atoms with Crippen LogP contribution in [-0.4, -0.2) is 18.6 Å². The van der Waals surface area contributed by atoms with Crippen LogP contribution in [-0.2, 0) is 0 Å². The molecule has 0 aromatic carbocycles. The summed E-state index contributed by atoms with van der Waals surface area (Å²) in [5.41, 5.74) is -0.119. The van der Waals surface area contributed by atoms with Crippen molar-refractivity contribution in [1.82, 2.24) is 4.98 Å². The first kappa shape index (κ1) is 9.97. The Balaban J connectivity index is 2.04. The molecular formula is C12H15N3. The van der Waals surface area contributed by atoms with Crippen LogP contribution in [0.1, 0.15) is 19.3 Å². The summed E-state index contributed by atoms with van der Waals surface area (Å²) >= 11 is 0. The van der Waals surface area contributed by atoms with Crippen molar-refractivity contribution in [1.29, 1.82) is 5.26 Å². The smallest absolute Gasteiger partial charge is 0.128 e. The molecule has 1 fully saturated rings. The standard InChI is InChI=1S/C12H15N3/c1-15(11-5-2-3-8-14-11)10-12(9-13)6-4-7-12/h2-3,5,8H,4,6-7,10H2,1H3. The molecule has 0 spiro atoms. The lowest BCUT2D eigenvalue weighted by Gasteiger charge is -2.38. The maximum atomic E-state index is 9.14. The second-order valence-corrected chi connectivity index (χ2v) is 4.29. The third-order valence-corrected chi connectivity index (χ3v) is 3.13. The largest absolute Gasteiger partial charge is 0.358 e. The summed E-state index contributed by atoms with van der Waals surface area (Å²) in [5.74, 6) is 0.944. The number of hydrogen-bond acceptors (Lipinski definition) is 3. The molecular weight excluding hydrogens is 186 g/mol. The summed E-state index contributed by atoms with van der Waals surface area (Å²) in [7, 11) is 2.00. The van der Waals surface area contributed by atoms with Crippen LogP contribution in [0.15, 0.2) is 24.4 Å². The zero-order chi connectivity index (χ0) is 10.7. The van der Waals surface area contributed by atoms with E-state index in [1.165, 1.54) is 6.42 Å². The van der Waals surface area contributed by atoms with E-state index in [1.54, 1.807) is 6.20 Å². The van der Waals surface area contributed by atoms with Crippen LogP contribution in [0.2, 0.25) is 0 Å². The normalized spacial score (nSPS) is 17.6. The number of nitrogens with zero attached hydrogens (tertiary/aromatic N) is 3. The van der Waals surface area contributed by atoms with E-state index in [4.69, 9.17) is 5.26 Å². The molecule has 1 saturated carbocycles. The first-order valence-corrected chi connectivity index (χ1v) is 5.29. The van der Waals surface area contributed by atoms with Gasteiger partial charge in [-0.1, -0.05) is 12.5 Å². The lowest BCUT2D eigenvalue weighted by atomic mass is 9.70. The summed E-state index contributed by atoms with van der Waals surface area (Å²) in [6.45, 7) is 0.792. The first-order chi connectivity index (χ1) is 7.26. The van der Waals surface area contributed by atoms with E-state index in [9.17, 15) is 0 Å². The summed E-state index contributed by atoms with van der Waals surface area (Å²) < 4.78 is 0. The van der Waals surface area contributed by atoms with Gasteiger partial charge in [-0.05, 0) is 25.0 Å². The number of nitriles is 1. The van der Waals surface area contributed by atoms with Crippen LogP contribution < -0.4 is 4.90 Å². The van der Waals surface area contributed by atoms with Crippen molar-refractivity contribution in [2.75, 3.05) is 18.5 Å². The lowest BCUT2D eigenvalue weighted by molar-refractivity contribution is 0.222. The molecule has 0 atom stereocenters. The van der Waals surface area contributed by atoms with E-state index < -0.39 is 0 Å². The predicted molar refractivity (Wildman–Crippen MR) is 59.4 cm³/mol. The van der Waals surface area contributed by atoms with E-state index in [0.29, 0.717) is 0 Å². The van der Waals surface area contributed by atoms with Crippen LogP contribution in [0.3, 0.4) is 0 Å². The number of pyridine rings is 1. The van der Waals surface area contributed by atoms with Gasteiger partial charge in [-0.2, -0.15) is 5.26 Å². The van der Waals surface area contributed by atoms with Crippen LogP contribution in [0.5, 0.6) is 0 Å². The zero-order valence-corrected chi connectivity index (χ0v) is 8.98. The Kier molecular flexibility index (Phi) is 2.59. The Morgan fingerprint density at radius 1 is 1.53 bits per heavy atom. The second kappa shape index (κ2) is 3.90. The highest BCUT2D eigenvalue weighted by Gasteiger charge is 2.38. The predicted octanol–water partition coefficient (Wildman–Crippen LogP) is 2.21. The van der Waals surface area contributed by atoms with Gasteiger partial charge < -0.3 is 4.90 Å². The van der Waals surface area contributed by atoms with E-state index in [1.807, 2.05) is 25.2 Å². The van der Waals surface area contributed by atoms with Crippen molar-refractivity contribution in [2.24, 2.45) is 5.41 Å². The zero-order valence-electron chi connectivity index (χ0n) is 8.98. The molecule has 0 aliphatic heterocycles. The Morgan fingerprint density at radius 2 is 2.33 bits per heavy atom. The topological polar surface area (TPSA) is 39.9 Å². The second-order valence-electron chi connectivity index (χ2n) is 4.29. The van der Waals surface area contributed by atoms with E-state index >= 15 is 0 Å². The summed E-state index contributed by atoms with van der Waals surface area (Å²) in [6, 6.07) is 8.30. The lowest BCUT2D eigenvalue weighted by Crippen LogP contribution is -2.40. The van der Waals surface area contributed by atoms with Crippen LogP contribution in [0.25, 0.3) is 0 Å². The highest BCUT2D eigenvalue weighted by molar-refractivity contribution is 5.37. The van der Waals surface area contributed by atoms with Gasteiger partial charge in [0, 0.05) is 19.8 Å². The fourth-order valence-electron chi connectivity index (χ4n) is 2.02. The van der Waals surface area contributed by atoms with Gasteiger partial charge in [0.1, 0.15) is 5.82 Å². The van der Waals surface area contributed by atoms with Crippen molar-refractivity contribution in [2.45, 2.75) is 19.3 Å². The third-order valence-electron chi connectivity index (χ3n) is 3.13. The molecule has 1 aromatic heterocycles. The number of rotatable bonds is 3. The van der Waals surface area contributed by atoms with Crippen LogP contribution in [0, 0.1) is 16.7 Å². The van der Waals surface area contributed by atoms with Gasteiger partial charge in [-0.3, -0.25) is 0 Å². The highest BCUT2D eigenvalue weighted by atomic mass is 15.2. The van der Waals surface area contributed by atoms with Gasteiger partial charge in [0.05, 0.1) is 11.5 Å². The van der Waals surface area contributed by atoms with Crippen LogP contribution >= 0.6 is 0 Å². The summed E-state index contributed by atoms with van der Waals surface area (Å²) in [6.07, 6.45) is 5.02. The average molecular weight is 201 g/mol. The monoisotopic (exact) mass is 201 g/mol. The van der Waals surface area contributed by atoms with Gasteiger partial charge in [-0.25, -0.2) is 4.98 Å². The Hall–Kier alpha value is -1.56. The Morgan fingerprint density at radius 3 is 2.80 bits per heavy atom. The molecule has 0 radical (unpaired) electrons. The molecule has 15 heavy (non-hydrogen) atoms. The first-order valence-electron chi connectivity index (χ1n) is 5.29. The van der Waals surface area contributed by atoms with Crippen molar-refractivity contribution >= 4 is 5.82 Å². The van der Waals surface area contributed by atoms with Gasteiger partial charge in [0.15, 0.2) is 0 Å². The minimum absolute atomic E-state index is 0.119. The van der Waals surface area contributed by atoms with Gasteiger partial charge >= 0.3 is 0 Å². The Bertz CT molecular complexity index is 362. The molecule has 1 heterocycles. The van der Waals surface area contributed by atoms with E-state index in [2.05, 4.69) is 16.0 Å². The highest BCUT2D eigenvalue weighted by Crippen LogP contribution is 2.41. The maximum absolute atomic E-state index is 9.14. The molecule has 0 saturated heterocycles. The van der Waals surface area contributed by atoms with E-state index in [-0.39, 0.29) is 5.41 Å². The van der Waals surface area contributed by atoms with Crippen molar-refractivity contribution < 1.29 is 0 Å². The molecule has 1 aromatic rings. The molecule has 3 heteroatoms. The molecule has 2 rings (SSSR count). The fourth-order valence-corrected chi connectivity index (χ4v) is 2.02. The summed E-state index contributed by atoms with van der Waals surface area (Å²) in [5, 5.41) is 9.14. The third kappa shape index (κ3) is 1.94. The minimum atomic E-state index is -0.119. The molecule has 3 nitrogen and oxygen atoms in total. The Labute approximate surface area is 90.4 Å².